The van der Waals surface area contributed by atoms with E-state index in [4.69, 9.17) is 23.2 Å². The summed E-state index contributed by atoms with van der Waals surface area (Å²) in [6.07, 6.45) is 6.79. The lowest BCUT2D eigenvalue weighted by Gasteiger charge is -2.41. The van der Waals surface area contributed by atoms with Crippen LogP contribution in [0.2, 0.25) is 5.02 Å². The number of fused-ring (bicyclic) bond motifs is 1. The van der Waals surface area contributed by atoms with Crippen molar-refractivity contribution in [2.24, 2.45) is 5.41 Å². The first-order chi connectivity index (χ1) is 9.17. The van der Waals surface area contributed by atoms with Gasteiger partial charge in [0.15, 0.2) is 5.65 Å². The van der Waals surface area contributed by atoms with E-state index in [0.717, 1.165) is 23.5 Å². The molecule has 0 atom stereocenters. The van der Waals surface area contributed by atoms with Crippen molar-refractivity contribution >= 4 is 34.4 Å². The second kappa shape index (κ2) is 4.95. The molecule has 0 unspecified atom stereocenters. The number of aromatic nitrogens is 3. The molecule has 1 saturated carbocycles. The molecule has 0 amide bonds. The van der Waals surface area contributed by atoms with Crippen LogP contribution in [0.4, 0.5) is 0 Å². The van der Waals surface area contributed by atoms with E-state index < -0.39 is 0 Å². The number of rotatable bonds is 4. The fourth-order valence-electron chi connectivity index (χ4n) is 2.94. The Bertz CT molecular complexity index is 596. The van der Waals surface area contributed by atoms with Gasteiger partial charge < -0.3 is 4.57 Å². The van der Waals surface area contributed by atoms with E-state index in [9.17, 15) is 0 Å². The van der Waals surface area contributed by atoms with Crippen LogP contribution in [0, 0.1) is 5.41 Å². The second-order valence-electron chi connectivity index (χ2n) is 5.45. The van der Waals surface area contributed by atoms with Crippen LogP contribution in [0.5, 0.6) is 0 Å². The largest absolute Gasteiger partial charge is 0.311 e. The number of hydrogen-bond acceptors (Lipinski definition) is 2. The monoisotopic (exact) mass is 297 g/mol. The maximum atomic E-state index is 6.03. The lowest BCUT2D eigenvalue weighted by Crippen LogP contribution is -2.34. The summed E-state index contributed by atoms with van der Waals surface area (Å²) >= 11 is 12.0. The molecule has 2 aromatic heterocycles. The first-order valence-corrected chi connectivity index (χ1v) is 7.65. The van der Waals surface area contributed by atoms with E-state index in [1.807, 2.05) is 6.07 Å². The van der Waals surface area contributed by atoms with Crippen LogP contribution in [-0.2, 0) is 12.4 Å². The zero-order valence-corrected chi connectivity index (χ0v) is 12.5. The fourth-order valence-corrected chi connectivity index (χ4v) is 3.29. The molecule has 1 aliphatic rings. The van der Waals surface area contributed by atoms with Crippen LogP contribution < -0.4 is 0 Å². The molecule has 0 radical (unpaired) electrons. The van der Waals surface area contributed by atoms with E-state index in [1.165, 1.54) is 25.7 Å². The van der Waals surface area contributed by atoms with E-state index in [2.05, 4.69) is 21.5 Å². The van der Waals surface area contributed by atoms with Crippen LogP contribution >= 0.6 is 23.2 Å². The van der Waals surface area contributed by atoms with Crippen LogP contribution in [0.1, 0.15) is 38.4 Å². The Morgan fingerprint density at radius 3 is 2.79 bits per heavy atom. The van der Waals surface area contributed by atoms with Gasteiger partial charge in [0.25, 0.3) is 0 Å². The van der Waals surface area contributed by atoms with Crippen molar-refractivity contribution in [2.45, 2.75) is 45.0 Å². The summed E-state index contributed by atoms with van der Waals surface area (Å²) in [5.41, 5.74) is 2.16. The summed E-state index contributed by atoms with van der Waals surface area (Å²) in [5, 5.41) is 0.618. The molecule has 0 saturated heterocycles. The van der Waals surface area contributed by atoms with Gasteiger partial charge in [-0.15, -0.1) is 11.6 Å². The van der Waals surface area contributed by atoms with Gasteiger partial charge in [-0.3, -0.25) is 0 Å². The SMILES string of the molecule is CCC1(Cn2c(CCl)nc3cc(Cl)cnc32)CCC1. The minimum Gasteiger partial charge on any atom is -0.311 e. The quantitative estimate of drug-likeness (QED) is 0.783. The third-order valence-corrected chi connectivity index (χ3v) is 4.85. The first kappa shape index (κ1) is 13.2. The number of imidazole rings is 1. The van der Waals surface area contributed by atoms with Gasteiger partial charge in [-0.05, 0) is 30.7 Å². The molecule has 2 aromatic rings. The van der Waals surface area contributed by atoms with E-state index in [-0.39, 0.29) is 0 Å². The highest BCUT2D eigenvalue weighted by molar-refractivity contribution is 6.31. The van der Waals surface area contributed by atoms with E-state index in [1.54, 1.807) is 6.20 Å². The Labute approximate surface area is 122 Å². The molecular formula is C14H17Cl2N3. The van der Waals surface area contributed by atoms with Crippen LogP contribution in [0.25, 0.3) is 11.2 Å². The topological polar surface area (TPSA) is 30.7 Å². The van der Waals surface area contributed by atoms with Gasteiger partial charge >= 0.3 is 0 Å². The highest BCUT2D eigenvalue weighted by Crippen LogP contribution is 2.45. The van der Waals surface area contributed by atoms with Crippen molar-refractivity contribution in [1.82, 2.24) is 14.5 Å². The average Bonchev–Trinajstić information content (AvgIpc) is 2.70. The Balaban J connectivity index is 2.05. The lowest BCUT2D eigenvalue weighted by molar-refractivity contribution is 0.101. The van der Waals surface area contributed by atoms with Gasteiger partial charge in [0.1, 0.15) is 11.3 Å². The normalized spacial score (nSPS) is 17.6. The molecular weight excluding hydrogens is 281 g/mol. The highest BCUT2D eigenvalue weighted by Gasteiger charge is 2.36. The summed E-state index contributed by atoms with van der Waals surface area (Å²) in [7, 11) is 0. The van der Waals surface area contributed by atoms with Gasteiger partial charge in [-0.2, -0.15) is 0 Å². The molecule has 3 rings (SSSR count). The minimum atomic E-state index is 0.410. The van der Waals surface area contributed by atoms with Crippen molar-refractivity contribution in [3.63, 3.8) is 0 Å². The molecule has 0 N–H and O–H groups in total. The third kappa shape index (κ3) is 2.23. The van der Waals surface area contributed by atoms with Gasteiger partial charge in [0, 0.05) is 12.7 Å². The van der Waals surface area contributed by atoms with Crippen molar-refractivity contribution < 1.29 is 0 Å². The molecule has 2 heterocycles. The first-order valence-electron chi connectivity index (χ1n) is 6.74. The zero-order chi connectivity index (χ0) is 13.5. The Kier molecular flexibility index (Phi) is 3.44. The molecule has 0 aromatic carbocycles. The predicted molar refractivity (Wildman–Crippen MR) is 78.7 cm³/mol. The molecule has 1 aliphatic carbocycles. The smallest absolute Gasteiger partial charge is 0.160 e. The van der Waals surface area contributed by atoms with E-state index in [0.29, 0.717) is 16.3 Å². The van der Waals surface area contributed by atoms with Gasteiger partial charge in [-0.25, -0.2) is 9.97 Å². The maximum absolute atomic E-state index is 6.03. The van der Waals surface area contributed by atoms with Crippen LogP contribution in [-0.4, -0.2) is 14.5 Å². The Morgan fingerprint density at radius 1 is 1.42 bits per heavy atom. The molecule has 0 aliphatic heterocycles. The zero-order valence-electron chi connectivity index (χ0n) is 11.0. The van der Waals surface area contributed by atoms with Crippen molar-refractivity contribution in [2.75, 3.05) is 0 Å². The number of alkyl halides is 1. The second-order valence-corrected chi connectivity index (χ2v) is 6.15. The molecule has 0 spiro atoms. The van der Waals surface area contributed by atoms with Gasteiger partial charge in [0.2, 0.25) is 0 Å². The molecule has 5 heteroatoms. The molecule has 0 bridgehead atoms. The van der Waals surface area contributed by atoms with Gasteiger partial charge in [0.05, 0.1) is 10.9 Å². The predicted octanol–water partition coefficient (Wildman–Crippen LogP) is 4.40. The summed E-state index contributed by atoms with van der Waals surface area (Å²) in [6, 6.07) is 1.86. The van der Waals surface area contributed by atoms with Crippen LogP contribution in [0.3, 0.4) is 0 Å². The number of nitrogens with zero attached hydrogens (tertiary/aromatic N) is 3. The maximum Gasteiger partial charge on any atom is 0.160 e. The van der Waals surface area contributed by atoms with Crippen molar-refractivity contribution in [3.8, 4) is 0 Å². The lowest BCUT2D eigenvalue weighted by atomic mass is 9.67. The van der Waals surface area contributed by atoms with Crippen LogP contribution in [0.15, 0.2) is 12.3 Å². The average molecular weight is 298 g/mol. The molecule has 102 valence electrons. The number of pyridine rings is 1. The number of halogens is 2. The summed E-state index contributed by atoms with van der Waals surface area (Å²) < 4.78 is 2.18. The van der Waals surface area contributed by atoms with Crippen molar-refractivity contribution in [1.29, 1.82) is 0 Å². The molecule has 1 fully saturated rings. The molecule has 3 nitrogen and oxygen atoms in total. The highest BCUT2D eigenvalue weighted by atomic mass is 35.5. The summed E-state index contributed by atoms with van der Waals surface area (Å²) in [4.78, 5) is 8.99. The minimum absolute atomic E-state index is 0.410. The summed E-state index contributed by atoms with van der Waals surface area (Å²) in [6.45, 7) is 3.24. The Hall–Kier alpha value is -0.800. The molecule has 19 heavy (non-hydrogen) atoms. The van der Waals surface area contributed by atoms with Gasteiger partial charge in [-0.1, -0.05) is 24.9 Å². The number of hydrogen-bond donors (Lipinski definition) is 0. The fraction of sp³-hybridized carbons (Fsp3) is 0.571. The van der Waals surface area contributed by atoms with E-state index >= 15 is 0 Å². The Morgan fingerprint density at radius 2 is 2.21 bits per heavy atom. The summed E-state index contributed by atoms with van der Waals surface area (Å²) in [5.74, 6) is 1.31. The standard InChI is InChI=1S/C14H17Cl2N3/c1-2-14(4-3-5-14)9-19-12(7-15)18-11-6-10(16)8-17-13(11)19/h6,8H,2-5,7,9H2,1H3. The third-order valence-electron chi connectivity index (χ3n) is 4.41. The van der Waals surface area contributed by atoms with Crippen molar-refractivity contribution in [3.05, 3.63) is 23.1 Å².